The molecule has 9 heteroatoms. The van der Waals surface area contributed by atoms with Crippen LogP contribution < -0.4 is 9.46 Å². The van der Waals surface area contributed by atoms with Crippen LogP contribution in [0.15, 0.2) is 29.4 Å². The molecule has 1 heterocycles. The van der Waals surface area contributed by atoms with E-state index in [2.05, 4.69) is 9.82 Å². The molecule has 2 N–H and O–H groups in total. The SMILES string of the molecule is CCn1cc(NS(=O)(=O)c2ccc(C)c(OCC(=O)O)c2C)cn1. The van der Waals surface area contributed by atoms with Crippen LogP contribution in [0.25, 0.3) is 0 Å². The van der Waals surface area contributed by atoms with E-state index in [-0.39, 0.29) is 10.6 Å². The zero-order valence-electron chi connectivity index (χ0n) is 13.6. The molecule has 0 saturated carbocycles. The van der Waals surface area contributed by atoms with Gasteiger partial charge in [-0.25, -0.2) is 13.2 Å². The number of nitrogens with zero attached hydrogens (tertiary/aromatic N) is 2. The molecule has 0 aliphatic carbocycles. The molecule has 2 aromatic rings. The summed E-state index contributed by atoms with van der Waals surface area (Å²) in [5.74, 6) is -0.878. The number of carboxylic acids is 1. The van der Waals surface area contributed by atoms with Crippen LogP contribution in [0.5, 0.6) is 5.75 Å². The smallest absolute Gasteiger partial charge is 0.341 e. The van der Waals surface area contributed by atoms with E-state index >= 15 is 0 Å². The maximum atomic E-state index is 12.6. The average Bonchev–Trinajstić information content (AvgIpc) is 2.93. The molecule has 1 aromatic heterocycles. The Balaban J connectivity index is 2.35. The highest BCUT2D eigenvalue weighted by Gasteiger charge is 2.21. The number of aliphatic carboxylic acids is 1. The summed E-state index contributed by atoms with van der Waals surface area (Å²) in [7, 11) is -3.85. The molecule has 130 valence electrons. The first-order chi connectivity index (χ1) is 11.2. The highest BCUT2D eigenvalue weighted by Crippen LogP contribution is 2.30. The molecule has 0 aliphatic heterocycles. The Morgan fingerprint density at radius 2 is 2.08 bits per heavy atom. The van der Waals surface area contributed by atoms with Crippen LogP contribution in [-0.4, -0.2) is 35.9 Å². The summed E-state index contributed by atoms with van der Waals surface area (Å²) in [5.41, 5.74) is 1.36. The Morgan fingerprint density at radius 1 is 1.38 bits per heavy atom. The number of nitrogens with one attached hydrogen (secondary N) is 1. The van der Waals surface area contributed by atoms with E-state index in [1.807, 2.05) is 6.92 Å². The van der Waals surface area contributed by atoms with Crippen molar-refractivity contribution in [1.29, 1.82) is 0 Å². The van der Waals surface area contributed by atoms with Crippen molar-refractivity contribution >= 4 is 21.7 Å². The quantitative estimate of drug-likeness (QED) is 0.785. The van der Waals surface area contributed by atoms with Crippen LogP contribution in [0.2, 0.25) is 0 Å². The summed E-state index contributed by atoms with van der Waals surface area (Å²) >= 11 is 0. The van der Waals surface area contributed by atoms with Gasteiger partial charge in [-0.1, -0.05) is 6.07 Å². The monoisotopic (exact) mass is 353 g/mol. The standard InChI is InChI=1S/C15H19N3O5S/c1-4-18-8-12(7-16-18)17-24(21,22)13-6-5-10(2)15(11(13)3)23-9-14(19)20/h5-8,17H,4,9H2,1-3H3,(H,19,20). The first-order valence-corrected chi connectivity index (χ1v) is 8.73. The van der Waals surface area contributed by atoms with Gasteiger partial charge >= 0.3 is 5.97 Å². The lowest BCUT2D eigenvalue weighted by molar-refractivity contribution is -0.139. The second-order valence-electron chi connectivity index (χ2n) is 5.21. The van der Waals surface area contributed by atoms with Gasteiger partial charge in [-0.05, 0) is 32.4 Å². The van der Waals surface area contributed by atoms with Crippen LogP contribution in [0, 0.1) is 13.8 Å². The van der Waals surface area contributed by atoms with Gasteiger partial charge in [-0.3, -0.25) is 9.40 Å². The van der Waals surface area contributed by atoms with E-state index < -0.39 is 22.6 Å². The van der Waals surface area contributed by atoms with Gasteiger partial charge in [0.25, 0.3) is 10.0 Å². The maximum absolute atomic E-state index is 12.6. The van der Waals surface area contributed by atoms with E-state index in [0.717, 1.165) is 0 Å². The Bertz CT molecular complexity index is 858. The topological polar surface area (TPSA) is 111 Å². The molecule has 0 spiro atoms. The van der Waals surface area contributed by atoms with Crippen molar-refractivity contribution in [3.05, 3.63) is 35.7 Å². The number of carbonyl (C=O) groups is 1. The van der Waals surface area contributed by atoms with Crippen molar-refractivity contribution in [2.24, 2.45) is 0 Å². The molecule has 0 atom stereocenters. The van der Waals surface area contributed by atoms with Gasteiger partial charge in [0, 0.05) is 18.3 Å². The number of aryl methyl sites for hydroxylation is 2. The maximum Gasteiger partial charge on any atom is 0.341 e. The van der Waals surface area contributed by atoms with Gasteiger partial charge in [-0.2, -0.15) is 5.10 Å². The molecule has 0 aliphatic rings. The fourth-order valence-corrected chi connectivity index (χ4v) is 3.52. The number of sulfonamides is 1. The Kier molecular flexibility index (Phi) is 5.13. The van der Waals surface area contributed by atoms with Crippen LogP contribution in [-0.2, 0) is 21.4 Å². The third kappa shape index (κ3) is 3.85. The third-order valence-electron chi connectivity index (χ3n) is 3.39. The second kappa shape index (κ2) is 6.91. The lowest BCUT2D eigenvalue weighted by Crippen LogP contribution is -2.16. The normalized spacial score (nSPS) is 11.3. The number of anilines is 1. The molecule has 1 aromatic carbocycles. The van der Waals surface area contributed by atoms with E-state index in [9.17, 15) is 13.2 Å². The summed E-state index contributed by atoms with van der Waals surface area (Å²) in [5, 5.41) is 12.8. The second-order valence-corrected chi connectivity index (χ2v) is 6.86. The van der Waals surface area contributed by atoms with Crippen molar-refractivity contribution < 1.29 is 23.1 Å². The predicted octanol–water partition coefficient (Wildman–Crippen LogP) is 1.78. The van der Waals surface area contributed by atoms with Crippen molar-refractivity contribution in [2.45, 2.75) is 32.2 Å². The molecule has 0 saturated heterocycles. The molecule has 0 amide bonds. The average molecular weight is 353 g/mol. The van der Waals surface area contributed by atoms with Crippen LogP contribution >= 0.6 is 0 Å². The van der Waals surface area contributed by atoms with E-state index in [4.69, 9.17) is 9.84 Å². The lowest BCUT2D eigenvalue weighted by atomic mass is 10.1. The minimum atomic E-state index is -3.85. The van der Waals surface area contributed by atoms with Crippen LogP contribution in [0.3, 0.4) is 0 Å². The Labute approximate surface area is 140 Å². The van der Waals surface area contributed by atoms with Gasteiger partial charge in [0.05, 0.1) is 16.8 Å². The van der Waals surface area contributed by atoms with Crippen molar-refractivity contribution in [3.63, 3.8) is 0 Å². The number of aromatic nitrogens is 2. The zero-order valence-corrected chi connectivity index (χ0v) is 14.4. The highest BCUT2D eigenvalue weighted by molar-refractivity contribution is 7.92. The summed E-state index contributed by atoms with van der Waals surface area (Å²) < 4.78 is 34.5. The number of benzene rings is 1. The molecule has 0 unspecified atom stereocenters. The fraction of sp³-hybridized carbons (Fsp3) is 0.333. The summed E-state index contributed by atoms with van der Waals surface area (Å²) in [6.45, 7) is 5.27. The van der Waals surface area contributed by atoms with Crippen LogP contribution in [0.4, 0.5) is 5.69 Å². The van der Waals surface area contributed by atoms with Crippen molar-refractivity contribution in [3.8, 4) is 5.75 Å². The van der Waals surface area contributed by atoms with E-state index in [1.54, 1.807) is 30.8 Å². The zero-order chi connectivity index (χ0) is 17.9. The van der Waals surface area contributed by atoms with Gasteiger partial charge in [0.15, 0.2) is 6.61 Å². The summed E-state index contributed by atoms with van der Waals surface area (Å²) in [4.78, 5) is 10.7. The number of rotatable bonds is 7. The third-order valence-corrected chi connectivity index (χ3v) is 4.92. The van der Waals surface area contributed by atoms with Crippen molar-refractivity contribution in [2.75, 3.05) is 11.3 Å². The van der Waals surface area contributed by atoms with Gasteiger partial charge in [-0.15, -0.1) is 0 Å². The Hall–Kier alpha value is -2.55. The number of hydrogen-bond donors (Lipinski definition) is 2. The molecular formula is C15H19N3O5S. The predicted molar refractivity (Wildman–Crippen MR) is 87.8 cm³/mol. The van der Waals surface area contributed by atoms with Gasteiger partial charge < -0.3 is 9.84 Å². The van der Waals surface area contributed by atoms with E-state index in [1.165, 1.54) is 12.3 Å². The first-order valence-electron chi connectivity index (χ1n) is 7.24. The summed E-state index contributed by atoms with van der Waals surface area (Å²) in [6.07, 6.45) is 3.01. The Morgan fingerprint density at radius 3 is 2.67 bits per heavy atom. The molecule has 0 radical (unpaired) electrons. The number of carboxylic acid groups (broad SMARTS) is 1. The van der Waals surface area contributed by atoms with Gasteiger partial charge in [0.1, 0.15) is 5.75 Å². The molecule has 2 rings (SSSR count). The lowest BCUT2D eigenvalue weighted by Gasteiger charge is -2.15. The first kappa shape index (κ1) is 17.8. The minimum absolute atomic E-state index is 0.0257. The molecule has 24 heavy (non-hydrogen) atoms. The van der Waals surface area contributed by atoms with E-state index in [0.29, 0.717) is 23.4 Å². The van der Waals surface area contributed by atoms with Crippen molar-refractivity contribution in [1.82, 2.24) is 9.78 Å². The van der Waals surface area contributed by atoms with Crippen LogP contribution in [0.1, 0.15) is 18.1 Å². The van der Waals surface area contributed by atoms with Gasteiger partial charge in [0.2, 0.25) is 0 Å². The molecule has 0 fully saturated rings. The minimum Gasteiger partial charge on any atom is -0.481 e. The largest absolute Gasteiger partial charge is 0.481 e. The summed E-state index contributed by atoms with van der Waals surface area (Å²) in [6, 6.07) is 3.04. The number of hydrogen-bond acceptors (Lipinski definition) is 5. The number of ether oxygens (including phenoxy) is 1. The highest BCUT2D eigenvalue weighted by atomic mass is 32.2. The fourth-order valence-electron chi connectivity index (χ4n) is 2.26. The molecule has 8 nitrogen and oxygen atoms in total. The molecule has 0 bridgehead atoms. The molecular weight excluding hydrogens is 334 g/mol.